The number of aromatic hydroxyl groups is 1. The second-order valence-electron chi connectivity index (χ2n) is 10.2. The second-order valence-corrected chi connectivity index (χ2v) is 10.2. The number of rotatable bonds is 11. The molecule has 0 bridgehead atoms. The quantitative estimate of drug-likeness (QED) is 0.127. The fourth-order valence-electron chi connectivity index (χ4n) is 4.40. The van der Waals surface area contributed by atoms with Gasteiger partial charge in [-0.3, -0.25) is 0 Å². The molecule has 0 spiro atoms. The number of benzene rings is 2. The van der Waals surface area contributed by atoms with Gasteiger partial charge in [0.2, 0.25) is 5.88 Å². The number of hydrogen-bond acceptors (Lipinski definition) is 9. The van der Waals surface area contributed by atoms with Gasteiger partial charge >= 0.3 is 0 Å². The van der Waals surface area contributed by atoms with Gasteiger partial charge in [0.1, 0.15) is 12.6 Å². The topological polar surface area (TPSA) is 117 Å². The van der Waals surface area contributed by atoms with Crippen LogP contribution in [0.5, 0.6) is 23.1 Å². The smallest absolute Gasteiger partial charge is 0.230 e. The number of nitrogens with zero attached hydrogens (tertiary/aromatic N) is 3. The van der Waals surface area contributed by atoms with Crippen molar-refractivity contribution in [2.75, 3.05) is 33.3 Å². The Hall–Kier alpha value is -3.60. The summed E-state index contributed by atoms with van der Waals surface area (Å²) < 4.78 is 26.5. The van der Waals surface area contributed by atoms with Crippen LogP contribution in [0, 0.1) is 12.7 Å². The van der Waals surface area contributed by atoms with E-state index in [0.717, 1.165) is 17.4 Å². The van der Waals surface area contributed by atoms with E-state index < -0.39 is 5.82 Å². The molecule has 4 rings (SSSR count). The molecule has 0 unspecified atom stereocenters. The summed E-state index contributed by atoms with van der Waals surface area (Å²) in [6, 6.07) is 6.37. The summed E-state index contributed by atoms with van der Waals surface area (Å²) in [6.07, 6.45) is 9.95. The van der Waals surface area contributed by atoms with Gasteiger partial charge in [0.05, 0.1) is 17.5 Å². The van der Waals surface area contributed by atoms with Crippen LogP contribution >= 0.6 is 0 Å². The minimum atomic E-state index is -0.474. The van der Waals surface area contributed by atoms with Gasteiger partial charge in [-0.15, -0.1) is 0 Å². The lowest BCUT2D eigenvalue weighted by atomic mass is 10.1. The van der Waals surface area contributed by atoms with Crippen LogP contribution in [0.3, 0.4) is 0 Å². The SMILES string of the molecule is CC(C)=Cc1c(C)ccc(Oc2ncnc3cc(O)c(OCCCCC=O)cc23)c1F.CCCN1CCCC1.CNO. The molecule has 1 saturated heterocycles. The van der Waals surface area contributed by atoms with Gasteiger partial charge in [-0.05, 0) is 90.2 Å². The first-order chi connectivity index (χ1) is 20.2. The zero-order valence-electron chi connectivity index (χ0n) is 25.5. The Morgan fingerprint density at radius 1 is 1.14 bits per heavy atom. The Bertz CT molecular complexity index is 1290. The van der Waals surface area contributed by atoms with Crippen molar-refractivity contribution in [2.45, 2.75) is 66.2 Å². The van der Waals surface area contributed by atoms with Gasteiger partial charge in [-0.1, -0.05) is 24.6 Å². The molecule has 230 valence electrons. The molecule has 1 aromatic heterocycles. The lowest BCUT2D eigenvalue weighted by Crippen LogP contribution is -2.19. The number of nitrogens with one attached hydrogen (secondary N) is 1. The van der Waals surface area contributed by atoms with Gasteiger partial charge in [0.25, 0.3) is 0 Å². The zero-order chi connectivity index (χ0) is 30.9. The van der Waals surface area contributed by atoms with Gasteiger partial charge in [0, 0.05) is 25.1 Å². The summed E-state index contributed by atoms with van der Waals surface area (Å²) in [5.74, 6) is -0.102. The molecule has 10 heteroatoms. The van der Waals surface area contributed by atoms with Crippen molar-refractivity contribution in [1.82, 2.24) is 20.3 Å². The molecule has 0 atom stereocenters. The van der Waals surface area contributed by atoms with Crippen molar-refractivity contribution >= 4 is 23.3 Å². The summed E-state index contributed by atoms with van der Waals surface area (Å²) in [5, 5.41) is 18.0. The molecule has 0 radical (unpaired) electrons. The summed E-state index contributed by atoms with van der Waals surface area (Å²) >= 11 is 0. The van der Waals surface area contributed by atoms with E-state index in [1.807, 2.05) is 20.8 Å². The van der Waals surface area contributed by atoms with Gasteiger partial charge < -0.3 is 29.5 Å². The summed E-state index contributed by atoms with van der Waals surface area (Å²) in [6.45, 7) is 12.3. The lowest BCUT2D eigenvalue weighted by molar-refractivity contribution is -0.107. The van der Waals surface area contributed by atoms with Crippen LogP contribution < -0.4 is 15.0 Å². The number of halogens is 1. The van der Waals surface area contributed by atoms with Crippen molar-refractivity contribution in [3.05, 3.63) is 53.1 Å². The molecule has 0 aliphatic carbocycles. The first-order valence-corrected chi connectivity index (χ1v) is 14.4. The summed E-state index contributed by atoms with van der Waals surface area (Å²) in [7, 11) is 1.43. The molecule has 3 aromatic rings. The van der Waals surface area contributed by atoms with E-state index in [4.69, 9.17) is 14.7 Å². The van der Waals surface area contributed by atoms with Crippen molar-refractivity contribution in [3.63, 3.8) is 0 Å². The number of ether oxygens (including phenoxy) is 2. The minimum absolute atomic E-state index is 0.0440. The standard InChI is InChI=1S/C24H25FN2O4.C7H15N.CH5NO/c1-15(2)11-17-16(3)7-8-21(23(17)25)31-24-18-12-22(30-10-6-4-5-9-28)20(29)13-19(18)26-14-27-24;1-2-5-8-6-3-4-7-8;1-2-3/h7-9,11-14,29H,4-6,10H2,1-3H3;2-7H2,1H3;2-3H,1H3. The van der Waals surface area contributed by atoms with Crippen LogP contribution in [0.4, 0.5) is 4.39 Å². The predicted octanol–water partition coefficient (Wildman–Crippen LogP) is 6.83. The number of fused-ring (bicyclic) bond motifs is 1. The number of allylic oxidation sites excluding steroid dienone is 1. The normalized spacial score (nSPS) is 12.5. The molecule has 2 aromatic carbocycles. The number of carbonyl (C=O) groups excluding carboxylic acids is 1. The number of aryl methyl sites for hydroxylation is 1. The third-order valence-corrected chi connectivity index (χ3v) is 6.39. The van der Waals surface area contributed by atoms with Crippen molar-refractivity contribution in [3.8, 4) is 23.1 Å². The van der Waals surface area contributed by atoms with Crippen LogP contribution in [0.25, 0.3) is 17.0 Å². The largest absolute Gasteiger partial charge is 0.504 e. The first kappa shape index (κ1) is 34.6. The number of carbonyl (C=O) groups is 1. The van der Waals surface area contributed by atoms with Crippen molar-refractivity contribution in [1.29, 1.82) is 0 Å². The monoisotopic (exact) mass is 584 g/mol. The lowest BCUT2D eigenvalue weighted by Gasteiger charge is -2.13. The third kappa shape index (κ3) is 11.0. The fourth-order valence-corrected chi connectivity index (χ4v) is 4.40. The molecule has 1 aliphatic rings. The highest BCUT2D eigenvalue weighted by Crippen LogP contribution is 2.36. The van der Waals surface area contributed by atoms with E-state index in [2.05, 4.69) is 21.8 Å². The number of phenols is 1. The fraction of sp³-hybridized carbons (Fsp3) is 0.469. The Morgan fingerprint density at radius 2 is 1.86 bits per heavy atom. The molecular formula is C32H45FN4O5. The molecule has 9 nitrogen and oxygen atoms in total. The molecule has 3 N–H and O–H groups in total. The predicted molar refractivity (Wildman–Crippen MR) is 164 cm³/mol. The maximum atomic E-state index is 15.1. The van der Waals surface area contributed by atoms with Crippen LogP contribution in [0.1, 0.15) is 70.4 Å². The molecule has 1 fully saturated rings. The van der Waals surface area contributed by atoms with Crippen LogP contribution in [0.15, 0.2) is 36.2 Å². The molecule has 42 heavy (non-hydrogen) atoms. The highest BCUT2D eigenvalue weighted by atomic mass is 19.1. The number of hydrogen-bond donors (Lipinski definition) is 3. The molecule has 1 aliphatic heterocycles. The Kier molecular flexibility index (Phi) is 15.5. The highest BCUT2D eigenvalue weighted by molar-refractivity contribution is 5.86. The van der Waals surface area contributed by atoms with E-state index in [0.29, 0.717) is 42.3 Å². The van der Waals surface area contributed by atoms with E-state index in [-0.39, 0.29) is 23.1 Å². The first-order valence-electron chi connectivity index (χ1n) is 14.4. The average molecular weight is 585 g/mol. The van der Waals surface area contributed by atoms with Crippen LogP contribution in [-0.2, 0) is 4.79 Å². The van der Waals surface area contributed by atoms with Crippen molar-refractivity contribution < 1.29 is 29.0 Å². The minimum Gasteiger partial charge on any atom is -0.504 e. The number of aromatic nitrogens is 2. The van der Waals surface area contributed by atoms with E-state index in [1.54, 1.807) is 29.8 Å². The Morgan fingerprint density at radius 3 is 2.50 bits per heavy atom. The number of aldehydes is 1. The second kappa shape index (κ2) is 18.8. The zero-order valence-corrected chi connectivity index (χ0v) is 25.5. The Balaban J connectivity index is 0.000000471. The number of unbranched alkanes of at least 4 members (excludes halogenated alkanes) is 2. The van der Waals surface area contributed by atoms with Gasteiger partial charge in [0.15, 0.2) is 23.1 Å². The maximum absolute atomic E-state index is 15.1. The number of hydroxylamine groups is 1. The van der Waals surface area contributed by atoms with Crippen LogP contribution in [0.2, 0.25) is 0 Å². The van der Waals surface area contributed by atoms with Crippen molar-refractivity contribution in [2.24, 2.45) is 0 Å². The van der Waals surface area contributed by atoms with E-state index in [9.17, 15) is 9.90 Å². The molecule has 0 saturated carbocycles. The highest BCUT2D eigenvalue weighted by Gasteiger charge is 2.16. The van der Waals surface area contributed by atoms with E-state index >= 15 is 4.39 Å². The summed E-state index contributed by atoms with van der Waals surface area (Å²) in [5.41, 5.74) is 4.42. The van der Waals surface area contributed by atoms with Crippen LogP contribution in [-0.4, -0.2) is 64.8 Å². The van der Waals surface area contributed by atoms with Gasteiger partial charge in [-0.25, -0.2) is 19.8 Å². The molecule has 2 heterocycles. The van der Waals surface area contributed by atoms with Gasteiger partial charge in [-0.2, -0.15) is 0 Å². The maximum Gasteiger partial charge on any atom is 0.230 e. The Labute approximate surface area is 248 Å². The summed E-state index contributed by atoms with van der Waals surface area (Å²) in [4.78, 5) is 21.3. The third-order valence-electron chi connectivity index (χ3n) is 6.39. The number of phenolic OH excluding ortho intramolecular Hbond substituents is 1. The molecule has 0 amide bonds. The molecular weight excluding hydrogens is 539 g/mol. The number of likely N-dealkylation sites (tertiary alicyclic amines) is 1. The average Bonchev–Trinajstić information content (AvgIpc) is 3.47. The van der Waals surface area contributed by atoms with E-state index in [1.165, 1.54) is 58.3 Å².